The molecule has 5 heteroatoms. The Hall–Kier alpha value is -1.10. The van der Waals surface area contributed by atoms with Gasteiger partial charge >= 0.3 is 0 Å². The van der Waals surface area contributed by atoms with Gasteiger partial charge in [0.25, 0.3) is 0 Å². The summed E-state index contributed by atoms with van der Waals surface area (Å²) in [5.74, 6) is 0.550. The molecule has 17 heavy (non-hydrogen) atoms. The lowest BCUT2D eigenvalue weighted by Crippen LogP contribution is -2.38. The summed E-state index contributed by atoms with van der Waals surface area (Å²) in [7, 11) is 3.20. The second-order valence-electron chi connectivity index (χ2n) is 4.86. The molecule has 0 saturated heterocycles. The molecule has 0 spiro atoms. The minimum Gasteiger partial charge on any atom is -0.358 e. The van der Waals surface area contributed by atoms with Crippen molar-refractivity contribution in [3.63, 3.8) is 0 Å². The van der Waals surface area contributed by atoms with Gasteiger partial charge in [-0.15, -0.1) is 0 Å². The van der Waals surface area contributed by atoms with E-state index in [0.29, 0.717) is 18.9 Å². The SMILES string of the molecule is CNC(=O)CN(C)C(=O)CC(CN)CC(C)C. The number of nitrogens with one attached hydrogen (secondary N) is 1. The van der Waals surface area contributed by atoms with Crippen LogP contribution in [0, 0.1) is 11.8 Å². The molecular formula is C12H25N3O2. The predicted molar refractivity (Wildman–Crippen MR) is 68.3 cm³/mol. The first-order valence-corrected chi connectivity index (χ1v) is 6.05. The Morgan fingerprint density at radius 1 is 1.35 bits per heavy atom. The highest BCUT2D eigenvalue weighted by molar-refractivity contribution is 5.84. The van der Waals surface area contributed by atoms with Gasteiger partial charge in [-0.1, -0.05) is 13.8 Å². The fourth-order valence-corrected chi connectivity index (χ4v) is 1.71. The number of carbonyl (C=O) groups excluding carboxylic acids is 2. The van der Waals surface area contributed by atoms with Gasteiger partial charge in [0.05, 0.1) is 6.54 Å². The zero-order chi connectivity index (χ0) is 13.4. The predicted octanol–water partition coefficient (Wildman–Crippen LogP) is 0.202. The maximum Gasteiger partial charge on any atom is 0.239 e. The Labute approximate surface area is 104 Å². The fourth-order valence-electron chi connectivity index (χ4n) is 1.71. The molecule has 0 aliphatic carbocycles. The molecule has 0 heterocycles. The lowest BCUT2D eigenvalue weighted by molar-refractivity contribution is -0.135. The normalized spacial score (nSPS) is 12.4. The zero-order valence-corrected chi connectivity index (χ0v) is 11.3. The van der Waals surface area contributed by atoms with Gasteiger partial charge in [0.15, 0.2) is 0 Å². The van der Waals surface area contributed by atoms with Crippen molar-refractivity contribution in [1.82, 2.24) is 10.2 Å². The van der Waals surface area contributed by atoms with Crippen molar-refractivity contribution in [1.29, 1.82) is 0 Å². The van der Waals surface area contributed by atoms with Gasteiger partial charge in [-0.2, -0.15) is 0 Å². The fraction of sp³-hybridized carbons (Fsp3) is 0.833. The monoisotopic (exact) mass is 243 g/mol. The second kappa shape index (κ2) is 8.06. The molecule has 0 radical (unpaired) electrons. The summed E-state index contributed by atoms with van der Waals surface area (Å²) < 4.78 is 0. The van der Waals surface area contributed by atoms with Crippen molar-refractivity contribution < 1.29 is 9.59 Å². The zero-order valence-electron chi connectivity index (χ0n) is 11.3. The quantitative estimate of drug-likeness (QED) is 0.671. The van der Waals surface area contributed by atoms with Crippen molar-refractivity contribution in [3.05, 3.63) is 0 Å². The molecule has 0 saturated carbocycles. The van der Waals surface area contributed by atoms with Crippen LogP contribution in [0.15, 0.2) is 0 Å². The summed E-state index contributed by atoms with van der Waals surface area (Å²) in [4.78, 5) is 24.4. The molecule has 0 aromatic rings. The third-order valence-electron chi connectivity index (χ3n) is 2.69. The highest BCUT2D eigenvalue weighted by Gasteiger charge is 2.18. The van der Waals surface area contributed by atoms with E-state index in [1.54, 1.807) is 14.1 Å². The van der Waals surface area contributed by atoms with Crippen molar-refractivity contribution in [2.24, 2.45) is 17.6 Å². The van der Waals surface area contributed by atoms with Crippen LogP contribution < -0.4 is 11.1 Å². The van der Waals surface area contributed by atoms with Crippen LogP contribution in [0.3, 0.4) is 0 Å². The number of carbonyl (C=O) groups is 2. The lowest BCUT2D eigenvalue weighted by atomic mass is 9.94. The summed E-state index contributed by atoms with van der Waals surface area (Å²) >= 11 is 0. The van der Waals surface area contributed by atoms with Crippen LogP contribution >= 0.6 is 0 Å². The van der Waals surface area contributed by atoms with Crippen LogP contribution in [0.25, 0.3) is 0 Å². The Kier molecular flexibility index (Phi) is 7.54. The van der Waals surface area contributed by atoms with Crippen LogP contribution in [-0.4, -0.2) is 43.9 Å². The Morgan fingerprint density at radius 2 is 1.94 bits per heavy atom. The third-order valence-corrected chi connectivity index (χ3v) is 2.69. The van der Waals surface area contributed by atoms with Crippen LogP contribution in [0.1, 0.15) is 26.7 Å². The summed E-state index contributed by atoms with van der Waals surface area (Å²) in [6.45, 7) is 4.84. The van der Waals surface area contributed by atoms with Crippen LogP contribution in [0.5, 0.6) is 0 Å². The number of nitrogens with zero attached hydrogens (tertiary/aromatic N) is 1. The van der Waals surface area contributed by atoms with E-state index >= 15 is 0 Å². The van der Waals surface area contributed by atoms with Gasteiger partial charge in [-0.25, -0.2) is 0 Å². The molecule has 0 fully saturated rings. The van der Waals surface area contributed by atoms with E-state index in [1.165, 1.54) is 4.90 Å². The number of nitrogens with two attached hydrogens (primary N) is 1. The van der Waals surface area contributed by atoms with Gasteiger partial charge in [-0.3, -0.25) is 9.59 Å². The van der Waals surface area contributed by atoms with Crippen molar-refractivity contribution in [2.45, 2.75) is 26.7 Å². The van der Waals surface area contributed by atoms with Crippen molar-refractivity contribution in [2.75, 3.05) is 27.2 Å². The van der Waals surface area contributed by atoms with Gasteiger partial charge < -0.3 is 16.0 Å². The minimum atomic E-state index is -0.158. The van der Waals surface area contributed by atoms with Crippen molar-refractivity contribution in [3.8, 4) is 0 Å². The smallest absolute Gasteiger partial charge is 0.239 e. The van der Waals surface area contributed by atoms with E-state index < -0.39 is 0 Å². The molecule has 1 unspecified atom stereocenters. The van der Waals surface area contributed by atoms with Crippen LogP contribution in [0.2, 0.25) is 0 Å². The Morgan fingerprint density at radius 3 is 2.35 bits per heavy atom. The molecule has 0 aliphatic heterocycles. The lowest BCUT2D eigenvalue weighted by Gasteiger charge is -2.21. The molecule has 0 bridgehead atoms. The van der Waals surface area contributed by atoms with Crippen LogP contribution in [-0.2, 0) is 9.59 Å². The molecule has 0 rings (SSSR count). The molecule has 0 aliphatic rings. The van der Waals surface area contributed by atoms with E-state index in [0.717, 1.165) is 6.42 Å². The topological polar surface area (TPSA) is 75.4 Å². The average Bonchev–Trinajstić information content (AvgIpc) is 2.26. The highest BCUT2D eigenvalue weighted by atomic mass is 16.2. The summed E-state index contributed by atoms with van der Waals surface area (Å²) in [6, 6.07) is 0. The summed E-state index contributed by atoms with van der Waals surface area (Å²) in [5.41, 5.74) is 5.65. The number of hydrogen-bond donors (Lipinski definition) is 2. The maximum absolute atomic E-state index is 11.8. The number of rotatable bonds is 7. The van der Waals surface area contributed by atoms with Gasteiger partial charge in [-0.05, 0) is 24.8 Å². The Balaban J connectivity index is 4.16. The van der Waals surface area contributed by atoms with Crippen LogP contribution in [0.4, 0.5) is 0 Å². The highest BCUT2D eigenvalue weighted by Crippen LogP contribution is 2.15. The van der Waals surface area contributed by atoms with Gasteiger partial charge in [0, 0.05) is 20.5 Å². The second-order valence-corrected chi connectivity index (χ2v) is 4.86. The molecule has 2 amide bonds. The number of hydrogen-bond acceptors (Lipinski definition) is 3. The van der Waals surface area contributed by atoms with Gasteiger partial charge in [0.1, 0.15) is 0 Å². The van der Waals surface area contributed by atoms with E-state index in [4.69, 9.17) is 5.73 Å². The third kappa shape index (κ3) is 6.94. The summed E-state index contributed by atoms with van der Waals surface area (Å²) in [6.07, 6.45) is 1.36. The van der Waals surface area contributed by atoms with E-state index in [-0.39, 0.29) is 24.3 Å². The molecule has 5 nitrogen and oxygen atoms in total. The molecular weight excluding hydrogens is 218 g/mol. The largest absolute Gasteiger partial charge is 0.358 e. The molecule has 0 aromatic carbocycles. The first-order valence-electron chi connectivity index (χ1n) is 6.05. The van der Waals surface area contributed by atoms with E-state index in [1.807, 2.05) is 0 Å². The first-order chi connectivity index (χ1) is 7.90. The molecule has 100 valence electrons. The molecule has 3 N–H and O–H groups in total. The number of amides is 2. The summed E-state index contributed by atoms with van der Waals surface area (Å²) in [5, 5.41) is 2.49. The van der Waals surface area contributed by atoms with Crippen molar-refractivity contribution >= 4 is 11.8 Å². The Bertz CT molecular complexity index is 254. The minimum absolute atomic E-state index is 0.0234. The van der Waals surface area contributed by atoms with E-state index in [2.05, 4.69) is 19.2 Å². The first kappa shape index (κ1) is 15.9. The van der Waals surface area contributed by atoms with Gasteiger partial charge in [0.2, 0.25) is 11.8 Å². The molecule has 0 aromatic heterocycles. The van der Waals surface area contributed by atoms with E-state index in [9.17, 15) is 9.59 Å². The average molecular weight is 243 g/mol. The maximum atomic E-state index is 11.8. The standard InChI is InChI=1S/C12H25N3O2/c1-9(2)5-10(7-13)6-12(17)15(4)8-11(16)14-3/h9-10H,5-8,13H2,1-4H3,(H,14,16). The molecule has 1 atom stereocenters. The number of likely N-dealkylation sites (N-methyl/N-ethyl adjacent to an activating group) is 2.